The van der Waals surface area contributed by atoms with Gasteiger partial charge in [-0.2, -0.15) is 5.10 Å². The smallest absolute Gasteiger partial charge is 0.271 e. The molecule has 23 heavy (non-hydrogen) atoms. The summed E-state index contributed by atoms with van der Waals surface area (Å²) in [4.78, 5) is 23.8. The Hall–Kier alpha value is -2.43. The third kappa shape index (κ3) is 5.06. The lowest BCUT2D eigenvalue weighted by atomic mass is 9.76. The molecule has 1 aromatic rings. The molecule has 0 aliphatic heterocycles. The molecule has 0 aromatic heterocycles. The monoisotopic (exact) mass is 314 g/mol. The van der Waals surface area contributed by atoms with Crippen molar-refractivity contribution in [2.45, 2.75) is 33.1 Å². The molecule has 0 bridgehead atoms. The lowest BCUT2D eigenvalue weighted by molar-refractivity contribution is -0.120. The predicted molar refractivity (Wildman–Crippen MR) is 89.7 cm³/mol. The average molecular weight is 314 g/mol. The zero-order chi connectivity index (χ0) is 16.9. The van der Waals surface area contributed by atoms with E-state index in [4.69, 9.17) is 4.74 Å². The minimum Gasteiger partial charge on any atom is -0.490 e. The maximum Gasteiger partial charge on any atom is 0.271 e. The van der Waals surface area contributed by atoms with E-state index in [1.807, 2.05) is 13.8 Å². The van der Waals surface area contributed by atoms with Crippen LogP contribution in [0.3, 0.4) is 0 Å². The first-order chi connectivity index (χ1) is 10.9. The molecule has 2 rings (SSSR count). The van der Waals surface area contributed by atoms with Crippen LogP contribution in [-0.4, -0.2) is 24.0 Å². The number of hydrazone groups is 1. The Morgan fingerprint density at radius 2 is 2.04 bits per heavy atom. The number of amides is 1. The van der Waals surface area contributed by atoms with E-state index in [0.29, 0.717) is 37.2 Å². The summed E-state index contributed by atoms with van der Waals surface area (Å²) >= 11 is 0. The van der Waals surface area contributed by atoms with Crippen molar-refractivity contribution in [2.24, 2.45) is 10.5 Å². The minimum atomic E-state index is -0.302. The highest BCUT2D eigenvalue weighted by molar-refractivity contribution is 6.05. The summed E-state index contributed by atoms with van der Waals surface area (Å²) in [5.41, 5.74) is 3.65. The van der Waals surface area contributed by atoms with E-state index in [1.165, 1.54) is 0 Å². The van der Waals surface area contributed by atoms with Crippen LogP contribution >= 0.6 is 0 Å². The van der Waals surface area contributed by atoms with Gasteiger partial charge in [0.05, 0.1) is 0 Å². The molecule has 0 atom stereocenters. The van der Waals surface area contributed by atoms with Crippen LogP contribution in [-0.2, 0) is 4.79 Å². The highest BCUT2D eigenvalue weighted by Crippen LogP contribution is 2.31. The summed E-state index contributed by atoms with van der Waals surface area (Å²) in [6.07, 6.45) is 3.25. The molecule has 0 spiro atoms. The normalized spacial score (nSPS) is 18.5. The molecular weight excluding hydrogens is 292 g/mol. The van der Waals surface area contributed by atoms with E-state index in [9.17, 15) is 9.59 Å². The van der Waals surface area contributed by atoms with Crippen LogP contribution in [0, 0.1) is 5.41 Å². The Bertz CT molecular complexity index is 630. The number of rotatable bonds is 5. The van der Waals surface area contributed by atoms with E-state index in [1.54, 1.807) is 30.3 Å². The number of ketones is 1. The maximum atomic E-state index is 12.1. The summed E-state index contributed by atoms with van der Waals surface area (Å²) in [5.74, 6) is 0.536. The zero-order valence-electron chi connectivity index (χ0n) is 13.6. The number of carbonyl (C=O) groups is 2. The van der Waals surface area contributed by atoms with E-state index >= 15 is 0 Å². The molecule has 1 saturated carbocycles. The Morgan fingerprint density at radius 1 is 1.35 bits per heavy atom. The van der Waals surface area contributed by atoms with Gasteiger partial charge in [0, 0.05) is 24.1 Å². The topological polar surface area (TPSA) is 67.8 Å². The van der Waals surface area contributed by atoms with Gasteiger partial charge < -0.3 is 4.74 Å². The van der Waals surface area contributed by atoms with Crippen molar-refractivity contribution < 1.29 is 14.3 Å². The highest BCUT2D eigenvalue weighted by atomic mass is 16.5. The number of benzene rings is 1. The third-order valence-corrected chi connectivity index (χ3v) is 3.56. The fourth-order valence-corrected chi connectivity index (χ4v) is 2.63. The first-order valence-electron chi connectivity index (χ1n) is 7.61. The number of hydrogen-bond acceptors (Lipinski definition) is 4. The van der Waals surface area contributed by atoms with Gasteiger partial charge in [-0.05, 0) is 36.1 Å². The standard InChI is InChI=1S/C18H22N2O3/c1-4-9-23-16-7-5-13(6-8-16)17(22)20-19-14-10-15(21)12-18(2,3)11-14/h4-8H,1,9-12H2,2-3H3,(H,20,22). The molecule has 0 unspecified atom stereocenters. The van der Waals surface area contributed by atoms with Gasteiger partial charge in [-0.1, -0.05) is 26.5 Å². The van der Waals surface area contributed by atoms with E-state index in [-0.39, 0.29) is 17.1 Å². The molecule has 5 heteroatoms. The number of hydrogen-bond donors (Lipinski definition) is 1. The fourth-order valence-electron chi connectivity index (χ4n) is 2.63. The van der Waals surface area contributed by atoms with Crippen molar-refractivity contribution in [3.63, 3.8) is 0 Å². The van der Waals surface area contributed by atoms with Crippen LogP contribution in [0.4, 0.5) is 0 Å². The quantitative estimate of drug-likeness (QED) is 0.670. The Labute approximate surface area is 136 Å². The highest BCUT2D eigenvalue weighted by Gasteiger charge is 2.30. The molecule has 0 radical (unpaired) electrons. The zero-order valence-corrected chi connectivity index (χ0v) is 13.6. The lowest BCUT2D eigenvalue weighted by Gasteiger charge is -2.28. The molecule has 1 aliphatic carbocycles. The molecule has 1 fully saturated rings. The Kier molecular flexibility index (Phi) is 5.32. The maximum absolute atomic E-state index is 12.1. The predicted octanol–water partition coefficient (Wildman–Crippen LogP) is 3.12. The van der Waals surface area contributed by atoms with Gasteiger partial charge in [0.25, 0.3) is 5.91 Å². The largest absolute Gasteiger partial charge is 0.490 e. The lowest BCUT2D eigenvalue weighted by Crippen LogP contribution is -2.31. The van der Waals surface area contributed by atoms with Gasteiger partial charge in [0.1, 0.15) is 18.1 Å². The van der Waals surface area contributed by atoms with Gasteiger partial charge in [-0.25, -0.2) is 5.43 Å². The van der Waals surface area contributed by atoms with Crippen molar-refractivity contribution in [3.05, 3.63) is 42.5 Å². The van der Waals surface area contributed by atoms with Crippen molar-refractivity contribution in [2.75, 3.05) is 6.61 Å². The van der Waals surface area contributed by atoms with Crippen LogP contribution in [0.25, 0.3) is 0 Å². The van der Waals surface area contributed by atoms with Crippen molar-refractivity contribution >= 4 is 17.4 Å². The molecule has 1 N–H and O–H groups in total. The molecule has 1 amide bonds. The molecule has 122 valence electrons. The number of carbonyl (C=O) groups excluding carboxylic acids is 2. The first kappa shape index (κ1) is 16.9. The third-order valence-electron chi connectivity index (χ3n) is 3.56. The SMILES string of the molecule is C=CCOc1ccc(C(=O)NN=C2CC(=O)CC(C)(C)C2)cc1. The molecule has 0 heterocycles. The minimum absolute atomic E-state index is 0.0942. The van der Waals surface area contributed by atoms with Crippen molar-refractivity contribution in [1.82, 2.24) is 5.43 Å². The number of ether oxygens (including phenoxy) is 1. The van der Waals surface area contributed by atoms with E-state index in [0.717, 1.165) is 5.71 Å². The van der Waals surface area contributed by atoms with Gasteiger partial charge in [-0.3, -0.25) is 9.59 Å². The molecule has 0 saturated heterocycles. The van der Waals surface area contributed by atoms with Gasteiger partial charge in [-0.15, -0.1) is 0 Å². The van der Waals surface area contributed by atoms with E-state index in [2.05, 4.69) is 17.1 Å². The van der Waals surface area contributed by atoms with Crippen LogP contribution in [0.5, 0.6) is 5.75 Å². The summed E-state index contributed by atoms with van der Waals surface area (Å²) in [7, 11) is 0. The summed E-state index contributed by atoms with van der Waals surface area (Å²) in [6, 6.07) is 6.78. The number of nitrogens with zero attached hydrogens (tertiary/aromatic N) is 1. The van der Waals surface area contributed by atoms with Gasteiger partial charge >= 0.3 is 0 Å². The number of Topliss-reactive ketones (excluding diaryl/α,β-unsaturated/α-hetero) is 1. The van der Waals surface area contributed by atoms with E-state index < -0.39 is 0 Å². The molecule has 1 aromatic carbocycles. The Morgan fingerprint density at radius 3 is 2.65 bits per heavy atom. The second kappa shape index (κ2) is 7.22. The summed E-state index contributed by atoms with van der Waals surface area (Å²) < 4.78 is 5.36. The summed E-state index contributed by atoms with van der Waals surface area (Å²) in [5, 5.41) is 4.13. The summed E-state index contributed by atoms with van der Waals surface area (Å²) in [6.45, 7) is 8.06. The second-order valence-electron chi connectivity index (χ2n) is 6.48. The van der Waals surface area contributed by atoms with Crippen LogP contribution in [0.1, 0.15) is 43.5 Å². The van der Waals surface area contributed by atoms with Crippen LogP contribution in [0.2, 0.25) is 0 Å². The number of nitrogens with one attached hydrogen (secondary N) is 1. The van der Waals surface area contributed by atoms with Crippen molar-refractivity contribution in [3.8, 4) is 5.75 Å². The molecular formula is C18H22N2O3. The average Bonchev–Trinajstić information content (AvgIpc) is 2.49. The molecule has 5 nitrogen and oxygen atoms in total. The molecule has 1 aliphatic rings. The first-order valence-corrected chi connectivity index (χ1v) is 7.61. The van der Waals surface area contributed by atoms with Gasteiger partial charge in [0.15, 0.2) is 0 Å². The fraction of sp³-hybridized carbons (Fsp3) is 0.389. The second-order valence-corrected chi connectivity index (χ2v) is 6.48. The van der Waals surface area contributed by atoms with Crippen LogP contribution in [0.15, 0.2) is 42.0 Å². The van der Waals surface area contributed by atoms with Crippen LogP contribution < -0.4 is 10.2 Å². The van der Waals surface area contributed by atoms with Crippen molar-refractivity contribution in [1.29, 1.82) is 0 Å². The Balaban J connectivity index is 1.97. The van der Waals surface area contributed by atoms with Gasteiger partial charge in [0.2, 0.25) is 0 Å².